The lowest BCUT2D eigenvalue weighted by Gasteiger charge is -2.06. The third kappa shape index (κ3) is 4.48. The molecule has 0 aromatic heterocycles. The van der Waals surface area contributed by atoms with E-state index in [4.69, 9.17) is 5.11 Å². The molecule has 1 unspecified atom stereocenters. The second-order valence-corrected chi connectivity index (χ2v) is 5.57. The number of carboxylic acids is 1. The molecule has 0 saturated heterocycles. The highest BCUT2D eigenvalue weighted by molar-refractivity contribution is 7.85. The van der Waals surface area contributed by atoms with Crippen LogP contribution in [0.25, 0.3) is 0 Å². The van der Waals surface area contributed by atoms with Crippen LogP contribution in [0.5, 0.6) is 0 Å². The molecular formula is C13H17NO4S. The summed E-state index contributed by atoms with van der Waals surface area (Å²) >= 11 is 0. The molecule has 5 nitrogen and oxygen atoms in total. The average molecular weight is 283 g/mol. The summed E-state index contributed by atoms with van der Waals surface area (Å²) in [5, 5.41) is 11.6. The first-order valence-electron chi connectivity index (χ1n) is 5.94. The van der Waals surface area contributed by atoms with E-state index in [2.05, 4.69) is 5.32 Å². The molecule has 1 amide bonds. The molecule has 0 radical (unpaired) electrons. The summed E-state index contributed by atoms with van der Waals surface area (Å²) in [6, 6.07) is 4.55. The van der Waals surface area contributed by atoms with Gasteiger partial charge in [-0.3, -0.25) is 9.00 Å². The van der Waals surface area contributed by atoms with Crippen molar-refractivity contribution in [1.82, 2.24) is 5.32 Å². The zero-order valence-electron chi connectivity index (χ0n) is 10.9. The van der Waals surface area contributed by atoms with E-state index in [-0.39, 0.29) is 17.2 Å². The van der Waals surface area contributed by atoms with Crippen LogP contribution in [0.2, 0.25) is 0 Å². The Kier molecular flexibility index (Phi) is 5.69. The summed E-state index contributed by atoms with van der Waals surface area (Å²) < 4.78 is 12.0. The van der Waals surface area contributed by atoms with Gasteiger partial charge in [-0.15, -0.1) is 0 Å². The van der Waals surface area contributed by atoms with E-state index in [0.29, 0.717) is 17.0 Å². The van der Waals surface area contributed by atoms with E-state index in [1.54, 1.807) is 19.1 Å². The zero-order valence-corrected chi connectivity index (χ0v) is 11.8. The van der Waals surface area contributed by atoms with Gasteiger partial charge in [0.05, 0.1) is 16.4 Å². The van der Waals surface area contributed by atoms with E-state index >= 15 is 0 Å². The highest BCUT2D eigenvalue weighted by Crippen LogP contribution is 2.14. The SMILES string of the molecule is CCCNC(=O)CS(=O)c1ccc(C)c(C(=O)O)c1. The van der Waals surface area contributed by atoms with Crippen molar-refractivity contribution in [3.8, 4) is 0 Å². The summed E-state index contributed by atoms with van der Waals surface area (Å²) in [5.41, 5.74) is 0.712. The summed E-state index contributed by atoms with van der Waals surface area (Å²) in [7, 11) is -1.53. The zero-order chi connectivity index (χ0) is 14.4. The van der Waals surface area contributed by atoms with Crippen molar-refractivity contribution in [2.45, 2.75) is 25.2 Å². The first-order valence-corrected chi connectivity index (χ1v) is 7.26. The fourth-order valence-electron chi connectivity index (χ4n) is 1.49. The van der Waals surface area contributed by atoms with Crippen LogP contribution in [0.4, 0.5) is 0 Å². The van der Waals surface area contributed by atoms with Crippen LogP contribution in [0.15, 0.2) is 23.1 Å². The second-order valence-electron chi connectivity index (χ2n) is 4.12. The third-order valence-corrected chi connectivity index (χ3v) is 3.84. The van der Waals surface area contributed by atoms with Crippen molar-refractivity contribution >= 4 is 22.7 Å². The van der Waals surface area contributed by atoms with Gasteiger partial charge in [-0.05, 0) is 31.0 Å². The minimum atomic E-state index is -1.53. The highest BCUT2D eigenvalue weighted by atomic mass is 32.2. The molecule has 19 heavy (non-hydrogen) atoms. The topological polar surface area (TPSA) is 83.5 Å². The van der Waals surface area contributed by atoms with Gasteiger partial charge in [0.15, 0.2) is 0 Å². The van der Waals surface area contributed by atoms with Crippen molar-refractivity contribution in [3.05, 3.63) is 29.3 Å². The Balaban J connectivity index is 2.80. The van der Waals surface area contributed by atoms with E-state index in [0.717, 1.165) is 6.42 Å². The van der Waals surface area contributed by atoms with Crippen LogP contribution < -0.4 is 5.32 Å². The average Bonchev–Trinajstić information content (AvgIpc) is 2.36. The third-order valence-electron chi connectivity index (χ3n) is 2.54. The van der Waals surface area contributed by atoms with Crippen LogP contribution in [0, 0.1) is 6.92 Å². The van der Waals surface area contributed by atoms with Gasteiger partial charge in [-0.1, -0.05) is 13.0 Å². The number of carbonyl (C=O) groups excluding carboxylic acids is 1. The van der Waals surface area contributed by atoms with Gasteiger partial charge in [0.25, 0.3) is 0 Å². The lowest BCUT2D eigenvalue weighted by atomic mass is 10.1. The molecule has 2 N–H and O–H groups in total. The number of amides is 1. The fraction of sp³-hybridized carbons (Fsp3) is 0.385. The largest absolute Gasteiger partial charge is 0.478 e. The first-order chi connectivity index (χ1) is 8.95. The first kappa shape index (κ1) is 15.4. The molecule has 1 rings (SSSR count). The van der Waals surface area contributed by atoms with Gasteiger partial charge in [0.1, 0.15) is 5.75 Å². The monoisotopic (exact) mass is 283 g/mol. The molecule has 0 aliphatic heterocycles. The van der Waals surface area contributed by atoms with Gasteiger partial charge in [0.2, 0.25) is 5.91 Å². The molecule has 1 aromatic rings. The van der Waals surface area contributed by atoms with E-state index in [1.165, 1.54) is 6.07 Å². The number of carboxylic acid groups (broad SMARTS) is 1. The molecular weight excluding hydrogens is 266 g/mol. The maximum Gasteiger partial charge on any atom is 0.335 e. The summed E-state index contributed by atoms with van der Waals surface area (Å²) in [6.45, 7) is 4.14. The smallest absolute Gasteiger partial charge is 0.335 e. The normalized spacial score (nSPS) is 11.9. The Morgan fingerprint density at radius 2 is 2.05 bits per heavy atom. The molecule has 0 aliphatic rings. The van der Waals surface area contributed by atoms with Crippen molar-refractivity contribution in [2.75, 3.05) is 12.3 Å². The molecule has 1 aromatic carbocycles. The number of benzene rings is 1. The van der Waals surface area contributed by atoms with Crippen molar-refractivity contribution < 1.29 is 18.9 Å². The second kappa shape index (κ2) is 7.04. The maximum absolute atomic E-state index is 12.0. The van der Waals surface area contributed by atoms with Crippen molar-refractivity contribution in [2.24, 2.45) is 0 Å². The number of rotatable bonds is 6. The summed E-state index contributed by atoms with van der Waals surface area (Å²) in [6.07, 6.45) is 0.812. The lowest BCUT2D eigenvalue weighted by Crippen LogP contribution is -2.28. The Morgan fingerprint density at radius 1 is 1.37 bits per heavy atom. The summed E-state index contributed by atoms with van der Waals surface area (Å²) in [4.78, 5) is 22.8. The minimum absolute atomic E-state index is 0.111. The molecule has 0 saturated carbocycles. The van der Waals surface area contributed by atoms with Gasteiger partial charge in [-0.2, -0.15) is 0 Å². The van der Waals surface area contributed by atoms with Crippen LogP contribution in [-0.4, -0.2) is 33.5 Å². The summed E-state index contributed by atoms with van der Waals surface area (Å²) in [5.74, 6) is -1.51. The van der Waals surface area contributed by atoms with Gasteiger partial charge < -0.3 is 10.4 Å². The van der Waals surface area contributed by atoms with Crippen LogP contribution >= 0.6 is 0 Å². The molecule has 104 valence electrons. The Morgan fingerprint density at radius 3 is 2.63 bits per heavy atom. The quantitative estimate of drug-likeness (QED) is 0.825. The molecule has 0 aliphatic carbocycles. The number of carbonyl (C=O) groups is 2. The maximum atomic E-state index is 12.0. The highest BCUT2D eigenvalue weighted by Gasteiger charge is 2.13. The van der Waals surface area contributed by atoms with Crippen molar-refractivity contribution in [1.29, 1.82) is 0 Å². The minimum Gasteiger partial charge on any atom is -0.478 e. The van der Waals surface area contributed by atoms with E-state index < -0.39 is 16.8 Å². The van der Waals surface area contributed by atoms with Crippen LogP contribution in [0.1, 0.15) is 29.3 Å². The van der Waals surface area contributed by atoms with Gasteiger partial charge in [0, 0.05) is 11.4 Å². The number of aromatic carboxylic acids is 1. The predicted molar refractivity (Wildman–Crippen MR) is 72.7 cm³/mol. The molecule has 6 heteroatoms. The fourth-order valence-corrected chi connectivity index (χ4v) is 2.47. The van der Waals surface area contributed by atoms with E-state index in [1.807, 2.05) is 6.92 Å². The van der Waals surface area contributed by atoms with Gasteiger partial charge >= 0.3 is 5.97 Å². The number of hydrogen-bond donors (Lipinski definition) is 2. The molecule has 0 heterocycles. The number of hydrogen-bond acceptors (Lipinski definition) is 3. The Hall–Kier alpha value is -1.69. The Labute approximate surface area is 114 Å². The van der Waals surface area contributed by atoms with E-state index in [9.17, 15) is 13.8 Å². The molecule has 0 bridgehead atoms. The van der Waals surface area contributed by atoms with Gasteiger partial charge in [-0.25, -0.2) is 4.79 Å². The number of nitrogens with one attached hydrogen (secondary N) is 1. The predicted octanol–water partition coefficient (Wildman–Crippen LogP) is 1.33. The van der Waals surface area contributed by atoms with Crippen molar-refractivity contribution in [3.63, 3.8) is 0 Å². The lowest BCUT2D eigenvalue weighted by molar-refractivity contribution is -0.118. The Bertz CT molecular complexity index is 513. The van der Waals surface area contributed by atoms with Crippen LogP contribution in [0.3, 0.4) is 0 Å². The number of aryl methyl sites for hydroxylation is 1. The molecule has 0 fully saturated rings. The molecule has 0 spiro atoms. The standard InChI is InChI=1S/C13H17NO4S/c1-3-6-14-12(15)8-19(18)10-5-4-9(2)11(7-10)13(16)17/h4-5,7H,3,6,8H2,1-2H3,(H,14,15)(H,16,17). The van der Waals surface area contributed by atoms with Crippen LogP contribution in [-0.2, 0) is 15.6 Å². The molecule has 1 atom stereocenters.